The summed E-state index contributed by atoms with van der Waals surface area (Å²) in [4.78, 5) is 31.7. The largest absolute Gasteiger partial charge is 0.468 e. The molecule has 170 valence electrons. The number of carbonyl (C=O) groups excluding carboxylic acids is 2. The molecule has 1 saturated heterocycles. The van der Waals surface area contributed by atoms with Gasteiger partial charge in [0.25, 0.3) is 0 Å². The fraction of sp³-hybridized carbons (Fsp3) is 0.320. The van der Waals surface area contributed by atoms with E-state index in [2.05, 4.69) is 10.3 Å². The predicted molar refractivity (Wildman–Crippen MR) is 127 cm³/mol. The summed E-state index contributed by atoms with van der Waals surface area (Å²) in [5.74, 6) is -1.30. The molecule has 2 aliphatic heterocycles. The zero-order valence-electron chi connectivity index (χ0n) is 18.3. The molecule has 2 aliphatic rings. The summed E-state index contributed by atoms with van der Waals surface area (Å²) in [6.45, 7) is 2.98. The van der Waals surface area contributed by atoms with Gasteiger partial charge in [-0.05, 0) is 49.2 Å². The first-order valence-corrected chi connectivity index (χ1v) is 11.4. The summed E-state index contributed by atoms with van der Waals surface area (Å²) < 4.78 is 6.30. The van der Waals surface area contributed by atoms with Crippen LogP contribution >= 0.6 is 11.6 Å². The van der Waals surface area contributed by atoms with Crippen LogP contribution in [0.2, 0.25) is 5.02 Å². The highest BCUT2D eigenvalue weighted by Crippen LogP contribution is 2.49. The van der Waals surface area contributed by atoms with Crippen LogP contribution in [0.15, 0.2) is 54.7 Å². The number of piperidine rings is 1. The highest BCUT2D eigenvalue weighted by atomic mass is 35.5. The highest BCUT2D eigenvalue weighted by Gasteiger charge is 2.55. The average Bonchev–Trinajstić information content (AvgIpc) is 2.77. The van der Waals surface area contributed by atoms with Crippen LogP contribution in [0.5, 0.6) is 5.75 Å². The zero-order chi connectivity index (χ0) is 23.2. The van der Waals surface area contributed by atoms with Crippen LogP contribution in [0, 0.1) is 5.92 Å². The summed E-state index contributed by atoms with van der Waals surface area (Å²) in [6, 6.07) is 15.1. The Hall–Kier alpha value is -3.32. The smallest absolute Gasteiger partial charge is 0.238 e. The average molecular weight is 465 g/mol. The van der Waals surface area contributed by atoms with E-state index in [4.69, 9.17) is 22.1 Å². The summed E-state index contributed by atoms with van der Waals surface area (Å²) in [6.07, 6.45) is 2.94. The number of ether oxygens (including phenoxy) is 1. The van der Waals surface area contributed by atoms with E-state index >= 15 is 0 Å². The number of pyridine rings is 1. The van der Waals surface area contributed by atoms with Crippen molar-refractivity contribution >= 4 is 40.0 Å². The number of carbonyl (C=O) groups is 2. The van der Waals surface area contributed by atoms with Crippen molar-refractivity contribution in [2.24, 2.45) is 11.7 Å². The zero-order valence-corrected chi connectivity index (χ0v) is 19.0. The molecule has 2 aromatic carbocycles. The quantitative estimate of drug-likeness (QED) is 0.425. The van der Waals surface area contributed by atoms with Crippen molar-refractivity contribution in [3.8, 4) is 5.75 Å². The van der Waals surface area contributed by atoms with Crippen molar-refractivity contribution in [3.63, 3.8) is 0 Å². The third kappa shape index (κ3) is 3.76. The molecule has 3 heterocycles. The molecule has 2 bridgehead atoms. The summed E-state index contributed by atoms with van der Waals surface area (Å²) >= 11 is 6.08. The van der Waals surface area contributed by atoms with Crippen molar-refractivity contribution in [1.29, 1.82) is 0 Å². The number of hydrogen-bond donors (Lipinski definition) is 2. The number of rotatable bonds is 6. The van der Waals surface area contributed by atoms with Crippen LogP contribution in [-0.4, -0.2) is 40.5 Å². The lowest BCUT2D eigenvalue weighted by molar-refractivity contribution is -0.175. The molecule has 1 aromatic heterocycles. The molecule has 3 atom stereocenters. The van der Waals surface area contributed by atoms with E-state index in [1.807, 2.05) is 55.5 Å². The van der Waals surface area contributed by atoms with Crippen molar-refractivity contribution < 1.29 is 14.3 Å². The second-order valence-corrected chi connectivity index (χ2v) is 9.23. The summed E-state index contributed by atoms with van der Waals surface area (Å²) in [7, 11) is 0. The number of nitrogens with one attached hydrogen (secondary N) is 1. The van der Waals surface area contributed by atoms with Crippen LogP contribution in [0.3, 0.4) is 0 Å². The van der Waals surface area contributed by atoms with Crippen LogP contribution in [-0.2, 0) is 9.59 Å². The van der Waals surface area contributed by atoms with Crippen LogP contribution in [0.4, 0.5) is 5.69 Å². The van der Waals surface area contributed by atoms with Gasteiger partial charge >= 0.3 is 0 Å². The minimum atomic E-state index is -0.884. The van der Waals surface area contributed by atoms with E-state index < -0.39 is 17.6 Å². The molecule has 0 radical (unpaired) electrons. The molecular formula is C25H25ClN4O3. The number of anilines is 1. The second-order valence-electron chi connectivity index (χ2n) is 8.80. The molecule has 2 amide bonds. The van der Waals surface area contributed by atoms with Gasteiger partial charge < -0.3 is 20.7 Å². The molecule has 33 heavy (non-hydrogen) atoms. The van der Waals surface area contributed by atoms with Gasteiger partial charge in [-0.25, -0.2) is 0 Å². The predicted octanol–water partition coefficient (Wildman–Crippen LogP) is 3.92. The van der Waals surface area contributed by atoms with Gasteiger partial charge in [0, 0.05) is 47.7 Å². The Labute approximate surface area is 196 Å². The van der Waals surface area contributed by atoms with E-state index in [1.54, 1.807) is 11.1 Å². The maximum Gasteiger partial charge on any atom is 0.238 e. The van der Waals surface area contributed by atoms with E-state index in [0.717, 1.165) is 22.2 Å². The van der Waals surface area contributed by atoms with E-state index in [1.165, 1.54) is 0 Å². The van der Waals surface area contributed by atoms with Crippen molar-refractivity contribution in [2.45, 2.75) is 31.4 Å². The standard InChI is InChI=1S/C25H25ClN4O3/c1-25-14-18(16-5-2-3-6-21(16)33-25)22(23(27)31)24(32)30(25)12-4-10-28-19-9-11-29-20-13-15(26)7-8-17(19)20/h2-3,5-9,11,13,18,22H,4,10,12,14H2,1H3,(H2,27,31)(H,28,29)/t18-,22-,25-/m0/s1. The Bertz CT molecular complexity index is 1250. The Morgan fingerprint density at radius 1 is 1.30 bits per heavy atom. The third-order valence-electron chi connectivity index (χ3n) is 6.64. The van der Waals surface area contributed by atoms with Gasteiger partial charge in [-0.2, -0.15) is 0 Å². The highest BCUT2D eigenvalue weighted by molar-refractivity contribution is 6.31. The SMILES string of the molecule is C[C@@]12C[C@@H](c3ccccc3O1)[C@@H](C(N)=O)C(=O)N2CCCNc1ccnc2cc(Cl)ccc12. The van der Waals surface area contributed by atoms with Crippen molar-refractivity contribution in [2.75, 3.05) is 18.4 Å². The number of nitrogens with zero attached hydrogens (tertiary/aromatic N) is 2. The molecule has 8 heteroatoms. The molecule has 3 N–H and O–H groups in total. The minimum Gasteiger partial charge on any atom is -0.468 e. The van der Waals surface area contributed by atoms with E-state index in [0.29, 0.717) is 36.7 Å². The lowest BCUT2D eigenvalue weighted by Crippen LogP contribution is -2.64. The monoisotopic (exact) mass is 464 g/mol. The Morgan fingerprint density at radius 3 is 2.94 bits per heavy atom. The summed E-state index contributed by atoms with van der Waals surface area (Å²) in [5, 5.41) is 5.04. The molecule has 7 nitrogen and oxygen atoms in total. The lowest BCUT2D eigenvalue weighted by atomic mass is 9.73. The Balaban J connectivity index is 1.33. The molecule has 0 unspecified atom stereocenters. The number of likely N-dealkylation sites (tertiary alicyclic amines) is 1. The Kier molecular flexibility index (Phi) is 5.37. The molecule has 0 aliphatic carbocycles. The molecule has 1 fully saturated rings. The minimum absolute atomic E-state index is 0.264. The van der Waals surface area contributed by atoms with Crippen LogP contribution < -0.4 is 15.8 Å². The number of halogens is 1. The van der Waals surface area contributed by atoms with Gasteiger partial charge in [-0.15, -0.1) is 0 Å². The number of fused-ring (bicyclic) bond motifs is 5. The maximum absolute atomic E-state index is 13.4. The molecular weight excluding hydrogens is 440 g/mol. The number of para-hydroxylation sites is 1. The molecule has 0 saturated carbocycles. The second kappa shape index (κ2) is 8.23. The van der Waals surface area contributed by atoms with Gasteiger partial charge in [-0.3, -0.25) is 14.6 Å². The third-order valence-corrected chi connectivity index (χ3v) is 6.87. The molecule has 3 aromatic rings. The first-order valence-electron chi connectivity index (χ1n) is 11.0. The van der Waals surface area contributed by atoms with E-state index in [-0.39, 0.29) is 11.8 Å². The number of primary amides is 1. The summed E-state index contributed by atoms with van der Waals surface area (Å²) in [5.41, 5.74) is 7.52. The Morgan fingerprint density at radius 2 is 2.12 bits per heavy atom. The first-order chi connectivity index (χ1) is 15.9. The fourth-order valence-electron chi connectivity index (χ4n) is 5.11. The van der Waals surface area contributed by atoms with Crippen LogP contribution in [0.1, 0.15) is 31.2 Å². The number of benzene rings is 2. The fourth-order valence-corrected chi connectivity index (χ4v) is 5.28. The maximum atomic E-state index is 13.4. The van der Waals surface area contributed by atoms with Gasteiger partial charge in [0.05, 0.1) is 5.52 Å². The van der Waals surface area contributed by atoms with Gasteiger partial charge in [0.2, 0.25) is 11.8 Å². The molecule has 5 rings (SSSR count). The lowest BCUT2D eigenvalue weighted by Gasteiger charge is -2.52. The van der Waals surface area contributed by atoms with Crippen LogP contribution in [0.25, 0.3) is 10.9 Å². The van der Waals surface area contributed by atoms with Gasteiger partial charge in [-0.1, -0.05) is 29.8 Å². The normalized spacial score (nSPS) is 23.7. The topological polar surface area (TPSA) is 97.5 Å². The number of hydrogen-bond acceptors (Lipinski definition) is 5. The van der Waals surface area contributed by atoms with Gasteiger partial charge in [0.15, 0.2) is 5.72 Å². The van der Waals surface area contributed by atoms with Gasteiger partial charge in [0.1, 0.15) is 11.7 Å². The van der Waals surface area contributed by atoms with Crippen molar-refractivity contribution in [1.82, 2.24) is 9.88 Å². The van der Waals surface area contributed by atoms with E-state index in [9.17, 15) is 9.59 Å². The molecule has 0 spiro atoms. The first kappa shape index (κ1) is 21.5. The number of amides is 2. The number of nitrogens with two attached hydrogens (primary N) is 1. The van der Waals surface area contributed by atoms with Crippen molar-refractivity contribution in [3.05, 3.63) is 65.3 Å². The number of aromatic nitrogens is 1.